The molecular weight excluding hydrogens is 579 g/mol. The summed E-state index contributed by atoms with van der Waals surface area (Å²) in [5, 5.41) is 10.5. The number of fused-ring (bicyclic) bond motifs is 1. The van der Waals surface area contributed by atoms with Gasteiger partial charge in [0, 0.05) is 22.4 Å². The van der Waals surface area contributed by atoms with Crippen LogP contribution in [-0.4, -0.2) is 37.1 Å². The minimum atomic E-state index is -1.77. The van der Waals surface area contributed by atoms with Gasteiger partial charge in [0.05, 0.1) is 16.4 Å². The summed E-state index contributed by atoms with van der Waals surface area (Å²) >= 11 is 11.1. The van der Waals surface area contributed by atoms with Crippen molar-refractivity contribution in [2.24, 2.45) is 15.5 Å². The second-order valence-electron chi connectivity index (χ2n) is 13.1. The molecule has 1 aromatic heterocycles. The summed E-state index contributed by atoms with van der Waals surface area (Å²) in [5.41, 5.74) is 3.77. The van der Waals surface area contributed by atoms with Crippen LogP contribution in [0.25, 0.3) is 0 Å². The van der Waals surface area contributed by atoms with Crippen molar-refractivity contribution < 1.29 is 8.39 Å². The number of aliphatic imine (C=N–C) groups is 1. The Balaban J connectivity index is 1.58. The largest absolute Gasteiger partial charge is 0.389 e. The van der Waals surface area contributed by atoms with Crippen molar-refractivity contribution in [1.82, 2.24) is 19.6 Å². The van der Waals surface area contributed by atoms with Crippen molar-refractivity contribution >= 4 is 51.6 Å². The molecule has 0 spiro atoms. The molecule has 1 unspecified atom stereocenters. The first-order valence-electron chi connectivity index (χ1n) is 13.4. The van der Waals surface area contributed by atoms with Gasteiger partial charge in [-0.15, -0.1) is 9.89 Å². The standard InChI is InChI=1S/C30H38Cl2N6O2S/c1-17-11-12-19(28(3,4)5)14-23(17)40-41(39)33-16-30(9,10)27-35-26-24(25(29(6,7)8)36-38(26)37-27)34-22-15-20(31)18(2)13-21(22)32/h11-15,33H,16H2,1-10H3. The van der Waals surface area contributed by atoms with Crippen LogP contribution in [0.2, 0.25) is 10.0 Å². The molecule has 11 heteroatoms. The van der Waals surface area contributed by atoms with Crippen LogP contribution in [0.1, 0.15) is 83.7 Å². The van der Waals surface area contributed by atoms with E-state index in [1.807, 2.05) is 39.8 Å². The molecule has 0 saturated heterocycles. The number of hydrogen-bond acceptors (Lipinski definition) is 6. The van der Waals surface area contributed by atoms with E-state index in [2.05, 4.69) is 57.4 Å². The zero-order valence-corrected chi connectivity index (χ0v) is 27.6. The molecule has 0 bridgehead atoms. The van der Waals surface area contributed by atoms with E-state index in [9.17, 15) is 4.21 Å². The van der Waals surface area contributed by atoms with E-state index in [0.29, 0.717) is 45.4 Å². The molecule has 220 valence electrons. The van der Waals surface area contributed by atoms with Gasteiger partial charge in [0.25, 0.3) is 11.3 Å². The Morgan fingerprint density at radius 2 is 1.63 bits per heavy atom. The molecule has 4 rings (SSSR count). The molecule has 0 fully saturated rings. The number of hydrogen-bond donors (Lipinski definition) is 1. The summed E-state index contributed by atoms with van der Waals surface area (Å²) in [6, 6.07) is 9.53. The van der Waals surface area contributed by atoms with E-state index >= 15 is 0 Å². The SMILES string of the molecule is Cc1cc(Cl)c(N=C2C(C(C)(C)C)=Nn3nc(C(C)(C)CNS(=O)Oc4cc(C(C)(C)C)ccc4C)nc32)cc1Cl. The second kappa shape index (κ2) is 11.2. The molecule has 2 heterocycles. The minimum Gasteiger partial charge on any atom is -0.389 e. The first-order chi connectivity index (χ1) is 18.9. The number of aryl methyl sites for hydroxylation is 2. The Morgan fingerprint density at radius 3 is 2.27 bits per heavy atom. The third-order valence-corrected chi connectivity index (χ3v) is 8.27. The molecule has 1 aliphatic heterocycles. The van der Waals surface area contributed by atoms with Gasteiger partial charge < -0.3 is 4.18 Å². The van der Waals surface area contributed by atoms with Gasteiger partial charge in [0.1, 0.15) is 11.5 Å². The lowest BCUT2D eigenvalue weighted by Crippen LogP contribution is -2.36. The normalized spacial score (nSPS) is 15.7. The van der Waals surface area contributed by atoms with Crippen LogP contribution in [0.3, 0.4) is 0 Å². The van der Waals surface area contributed by atoms with Gasteiger partial charge in [0.2, 0.25) is 5.82 Å². The van der Waals surface area contributed by atoms with E-state index in [4.69, 9.17) is 42.5 Å². The van der Waals surface area contributed by atoms with Crippen molar-refractivity contribution in [2.45, 2.75) is 80.1 Å². The van der Waals surface area contributed by atoms with Crippen molar-refractivity contribution in [3.63, 3.8) is 0 Å². The van der Waals surface area contributed by atoms with Crippen molar-refractivity contribution in [3.8, 4) is 5.75 Å². The smallest absolute Gasteiger partial charge is 0.288 e. The summed E-state index contributed by atoms with van der Waals surface area (Å²) < 4.78 is 21.7. The van der Waals surface area contributed by atoms with E-state index in [-0.39, 0.29) is 10.8 Å². The zero-order chi connectivity index (χ0) is 30.5. The maximum atomic E-state index is 12.9. The fraction of sp³-hybridized carbons (Fsp3) is 0.467. The molecule has 0 aliphatic carbocycles. The third-order valence-electron chi connectivity index (χ3n) is 6.85. The predicted octanol–water partition coefficient (Wildman–Crippen LogP) is 7.41. The Hall–Kier alpha value is -2.59. The second-order valence-corrected chi connectivity index (χ2v) is 14.9. The third kappa shape index (κ3) is 6.91. The lowest BCUT2D eigenvalue weighted by atomic mass is 9.86. The van der Waals surface area contributed by atoms with Gasteiger partial charge in [-0.3, -0.25) is 0 Å². The molecule has 0 amide bonds. The van der Waals surface area contributed by atoms with Gasteiger partial charge in [-0.25, -0.2) is 14.7 Å². The highest BCUT2D eigenvalue weighted by Crippen LogP contribution is 2.34. The van der Waals surface area contributed by atoms with Crippen LogP contribution in [0, 0.1) is 19.3 Å². The Morgan fingerprint density at radius 1 is 0.951 bits per heavy atom. The van der Waals surface area contributed by atoms with Crippen LogP contribution in [-0.2, 0) is 22.1 Å². The van der Waals surface area contributed by atoms with Gasteiger partial charge in [-0.05, 0) is 54.2 Å². The zero-order valence-electron chi connectivity index (χ0n) is 25.3. The maximum absolute atomic E-state index is 12.9. The molecule has 0 saturated carbocycles. The van der Waals surface area contributed by atoms with Gasteiger partial charge in [0.15, 0.2) is 5.82 Å². The van der Waals surface area contributed by atoms with Crippen LogP contribution >= 0.6 is 23.2 Å². The minimum absolute atomic E-state index is 0.0511. The molecule has 41 heavy (non-hydrogen) atoms. The molecule has 2 aromatic carbocycles. The van der Waals surface area contributed by atoms with Crippen LogP contribution in [0.15, 0.2) is 40.4 Å². The monoisotopic (exact) mass is 616 g/mol. The molecule has 0 radical (unpaired) electrons. The first-order valence-corrected chi connectivity index (χ1v) is 15.3. The van der Waals surface area contributed by atoms with E-state index in [1.54, 1.807) is 12.1 Å². The highest BCUT2D eigenvalue weighted by atomic mass is 35.5. The summed E-state index contributed by atoms with van der Waals surface area (Å²) in [4.78, 5) is 11.2. The predicted molar refractivity (Wildman–Crippen MR) is 169 cm³/mol. The molecule has 1 atom stereocenters. The molecular formula is C30H38Cl2N6O2S. The Bertz CT molecular complexity index is 1580. The number of rotatable bonds is 7. The summed E-state index contributed by atoms with van der Waals surface area (Å²) in [6.45, 7) is 20.6. The highest BCUT2D eigenvalue weighted by molar-refractivity contribution is 7.78. The van der Waals surface area contributed by atoms with Crippen molar-refractivity contribution in [3.05, 3.63) is 68.7 Å². The van der Waals surface area contributed by atoms with E-state index in [0.717, 1.165) is 22.4 Å². The van der Waals surface area contributed by atoms with Gasteiger partial charge in [-0.1, -0.05) is 90.7 Å². The van der Waals surface area contributed by atoms with Crippen molar-refractivity contribution in [1.29, 1.82) is 0 Å². The first kappa shape index (κ1) is 31.3. The summed E-state index contributed by atoms with van der Waals surface area (Å²) in [7, 11) is 0. The topological polar surface area (TPSA) is 93.8 Å². The average Bonchev–Trinajstić information content (AvgIpc) is 3.42. The van der Waals surface area contributed by atoms with Gasteiger partial charge >= 0.3 is 0 Å². The van der Waals surface area contributed by atoms with E-state index < -0.39 is 16.7 Å². The summed E-state index contributed by atoms with van der Waals surface area (Å²) in [6.07, 6.45) is 0. The Kier molecular flexibility index (Phi) is 8.60. The molecule has 1 N–H and O–H groups in total. The number of halogens is 2. The molecule has 1 aliphatic rings. The number of benzene rings is 2. The lowest BCUT2D eigenvalue weighted by Gasteiger charge is -2.22. The molecule has 3 aromatic rings. The maximum Gasteiger partial charge on any atom is 0.288 e. The van der Waals surface area contributed by atoms with Crippen LogP contribution in [0.4, 0.5) is 5.69 Å². The quantitative estimate of drug-likeness (QED) is 0.299. The fourth-order valence-corrected chi connectivity index (χ4v) is 5.39. The van der Waals surface area contributed by atoms with Gasteiger partial charge in [-0.2, -0.15) is 9.31 Å². The van der Waals surface area contributed by atoms with Crippen molar-refractivity contribution in [2.75, 3.05) is 6.54 Å². The number of nitrogens with one attached hydrogen (secondary N) is 1. The summed E-state index contributed by atoms with van der Waals surface area (Å²) in [5.74, 6) is 1.62. The number of nitrogens with zero attached hydrogens (tertiary/aromatic N) is 5. The Labute approximate surface area is 255 Å². The molecule has 8 nitrogen and oxygen atoms in total. The van der Waals surface area contributed by atoms with E-state index in [1.165, 1.54) is 4.79 Å². The fourth-order valence-electron chi connectivity index (χ4n) is 4.09. The average molecular weight is 618 g/mol. The highest BCUT2D eigenvalue weighted by Gasteiger charge is 2.37. The number of aromatic nitrogens is 3. The van der Waals surface area contributed by atoms with Crippen LogP contribution in [0.5, 0.6) is 5.75 Å². The lowest BCUT2D eigenvalue weighted by molar-refractivity contribution is 0.465. The van der Waals surface area contributed by atoms with Crippen LogP contribution < -0.4 is 8.91 Å².